The van der Waals surface area contributed by atoms with E-state index < -0.39 is 0 Å². The molecule has 0 radical (unpaired) electrons. The van der Waals surface area contributed by atoms with Gasteiger partial charge in [0.05, 0.1) is 6.10 Å². The first-order valence-corrected chi connectivity index (χ1v) is 7.90. The molecule has 0 saturated carbocycles. The van der Waals surface area contributed by atoms with Gasteiger partial charge in [-0.05, 0) is 50.7 Å². The Morgan fingerprint density at radius 3 is 2.85 bits per heavy atom. The van der Waals surface area contributed by atoms with Gasteiger partial charge < -0.3 is 15.4 Å². The summed E-state index contributed by atoms with van der Waals surface area (Å²) >= 11 is 0. The number of pyridine rings is 1. The van der Waals surface area contributed by atoms with Crippen molar-refractivity contribution in [1.82, 2.24) is 4.98 Å². The molecule has 1 aliphatic carbocycles. The van der Waals surface area contributed by atoms with Crippen LogP contribution >= 0.6 is 0 Å². The predicted octanol–water partition coefficient (Wildman–Crippen LogP) is 2.03. The minimum Gasteiger partial charge on any atom is -0.378 e. The van der Waals surface area contributed by atoms with Crippen molar-refractivity contribution < 1.29 is 4.74 Å². The number of aromatic nitrogens is 1. The third kappa shape index (κ3) is 2.67. The Hall–Kier alpha value is -1.13. The van der Waals surface area contributed by atoms with Crippen LogP contribution in [0.4, 0.5) is 5.82 Å². The lowest BCUT2D eigenvalue weighted by molar-refractivity contribution is 0.0458. The smallest absolute Gasteiger partial charge is 0.133 e. The highest BCUT2D eigenvalue weighted by Gasteiger charge is 2.24. The van der Waals surface area contributed by atoms with E-state index >= 15 is 0 Å². The van der Waals surface area contributed by atoms with Gasteiger partial charge in [0.25, 0.3) is 0 Å². The second-order valence-electron chi connectivity index (χ2n) is 5.78. The first kappa shape index (κ1) is 13.8. The van der Waals surface area contributed by atoms with Gasteiger partial charge in [0.2, 0.25) is 0 Å². The maximum Gasteiger partial charge on any atom is 0.133 e. The van der Waals surface area contributed by atoms with Gasteiger partial charge in [-0.15, -0.1) is 0 Å². The molecule has 2 aliphatic rings. The van der Waals surface area contributed by atoms with Crippen molar-refractivity contribution in [3.8, 4) is 0 Å². The summed E-state index contributed by atoms with van der Waals surface area (Å²) < 4.78 is 5.73. The van der Waals surface area contributed by atoms with Crippen LogP contribution in [0.1, 0.15) is 43.0 Å². The Balaban J connectivity index is 1.77. The maximum absolute atomic E-state index is 5.94. The lowest BCUT2D eigenvalue weighted by Crippen LogP contribution is -2.38. The van der Waals surface area contributed by atoms with E-state index in [1.165, 1.54) is 29.7 Å². The molecule has 1 aromatic rings. The fraction of sp³-hybridized carbons (Fsp3) is 0.688. The Kier molecular flexibility index (Phi) is 4.22. The number of anilines is 1. The van der Waals surface area contributed by atoms with Crippen LogP contribution in [-0.2, 0) is 24.1 Å². The van der Waals surface area contributed by atoms with E-state index in [0.717, 1.165) is 44.8 Å². The van der Waals surface area contributed by atoms with Gasteiger partial charge in [0.1, 0.15) is 5.82 Å². The Morgan fingerprint density at radius 2 is 2.15 bits per heavy atom. The van der Waals surface area contributed by atoms with Crippen molar-refractivity contribution in [1.29, 1.82) is 0 Å². The van der Waals surface area contributed by atoms with E-state index in [1.54, 1.807) is 0 Å². The molecule has 20 heavy (non-hydrogen) atoms. The summed E-state index contributed by atoms with van der Waals surface area (Å²) in [7, 11) is 0. The van der Waals surface area contributed by atoms with Crippen LogP contribution in [0.15, 0.2) is 6.07 Å². The second kappa shape index (κ2) is 6.10. The van der Waals surface area contributed by atoms with E-state index in [-0.39, 0.29) is 0 Å². The first-order chi connectivity index (χ1) is 9.81. The van der Waals surface area contributed by atoms with Crippen molar-refractivity contribution >= 4 is 5.82 Å². The van der Waals surface area contributed by atoms with E-state index in [4.69, 9.17) is 15.5 Å². The molecule has 1 saturated heterocycles. The minimum atomic E-state index is 0.423. The van der Waals surface area contributed by atoms with Crippen LogP contribution in [0.3, 0.4) is 0 Å². The van der Waals surface area contributed by atoms with Crippen molar-refractivity contribution in [3.63, 3.8) is 0 Å². The Bertz CT molecular complexity index is 467. The highest BCUT2D eigenvalue weighted by atomic mass is 16.5. The third-order valence-corrected chi connectivity index (χ3v) is 4.47. The number of ether oxygens (including phenoxy) is 1. The zero-order chi connectivity index (χ0) is 13.9. The van der Waals surface area contributed by atoms with Gasteiger partial charge >= 0.3 is 0 Å². The van der Waals surface area contributed by atoms with Crippen LogP contribution < -0.4 is 10.6 Å². The molecule has 0 spiro atoms. The lowest BCUT2D eigenvalue weighted by atomic mass is 10.1. The van der Waals surface area contributed by atoms with Crippen molar-refractivity contribution in [3.05, 3.63) is 22.9 Å². The summed E-state index contributed by atoms with van der Waals surface area (Å²) in [4.78, 5) is 7.32. The van der Waals surface area contributed by atoms with Gasteiger partial charge in [-0.25, -0.2) is 4.98 Å². The lowest BCUT2D eigenvalue weighted by Gasteiger charge is -2.34. The van der Waals surface area contributed by atoms with Gasteiger partial charge in [-0.2, -0.15) is 0 Å². The molecule has 0 bridgehead atoms. The molecular formula is C16H25N3O. The van der Waals surface area contributed by atoms with Crippen molar-refractivity contribution in [2.24, 2.45) is 5.73 Å². The molecule has 2 heterocycles. The standard InChI is InChI=1S/C16H25N3O/c1-2-20-14-6-8-19(9-7-14)16-13(11-17)10-12-4-3-5-15(12)18-16/h10,14H,2-9,11,17H2,1H3. The minimum absolute atomic E-state index is 0.423. The fourth-order valence-corrected chi connectivity index (χ4v) is 3.40. The largest absolute Gasteiger partial charge is 0.378 e. The fourth-order valence-electron chi connectivity index (χ4n) is 3.40. The average Bonchev–Trinajstić information content (AvgIpc) is 2.94. The number of nitrogens with two attached hydrogens (primary N) is 1. The molecule has 0 atom stereocenters. The molecule has 0 unspecified atom stereocenters. The molecule has 4 nitrogen and oxygen atoms in total. The number of rotatable bonds is 4. The van der Waals surface area contributed by atoms with Crippen molar-refractivity contribution in [2.45, 2.75) is 51.7 Å². The Labute approximate surface area is 121 Å². The van der Waals surface area contributed by atoms with Crippen LogP contribution in [0, 0.1) is 0 Å². The van der Waals surface area contributed by atoms with Crippen LogP contribution in [-0.4, -0.2) is 30.8 Å². The van der Waals surface area contributed by atoms with Gasteiger partial charge in [-0.1, -0.05) is 0 Å². The summed E-state index contributed by atoms with van der Waals surface area (Å²) in [6.07, 6.45) is 6.15. The Morgan fingerprint density at radius 1 is 1.35 bits per heavy atom. The summed E-state index contributed by atoms with van der Waals surface area (Å²) in [6.45, 7) is 5.53. The third-order valence-electron chi connectivity index (χ3n) is 4.47. The zero-order valence-electron chi connectivity index (χ0n) is 12.4. The molecule has 1 aliphatic heterocycles. The number of hydrogen-bond donors (Lipinski definition) is 1. The summed E-state index contributed by atoms with van der Waals surface area (Å²) in [5.74, 6) is 1.13. The highest BCUT2D eigenvalue weighted by Crippen LogP contribution is 2.29. The second-order valence-corrected chi connectivity index (χ2v) is 5.78. The molecule has 110 valence electrons. The van der Waals surface area contributed by atoms with Gasteiger partial charge in [0.15, 0.2) is 0 Å². The molecule has 4 heteroatoms. The zero-order valence-corrected chi connectivity index (χ0v) is 12.4. The van der Waals surface area contributed by atoms with Crippen molar-refractivity contribution in [2.75, 3.05) is 24.6 Å². The summed E-state index contributed by atoms with van der Waals surface area (Å²) in [5, 5.41) is 0. The number of aryl methyl sites for hydroxylation is 2. The molecule has 2 N–H and O–H groups in total. The monoisotopic (exact) mass is 275 g/mol. The van der Waals surface area contributed by atoms with Gasteiger partial charge in [-0.3, -0.25) is 0 Å². The normalized spacial score (nSPS) is 19.4. The molecule has 1 aromatic heterocycles. The SMILES string of the molecule is CCOC1CCN(c2nc3c(cc2CN)CCC3)CC1. The van der Waals surface area contributed by atoms with Crippen LogP contribution in [0.5, 0.6) is 0 Å². The number of nitrogens with zero attached hydrogens (tertiary/aromatic N) is 2. The molecule has 0 aromatic carbocycles. The number of fused-ring (bicyclic) bond motifs is 1. The molecule has 1 fully saturated rings. The van der Waals surface area contributed by atoms with E-state index in [0.29, 0.717) is 12.6 Å². The quantitative estimate of drug-likeness (QED) is 0.913. The number of piperidine rings is 1. The first-order valence-electron chi connectivity index (χ1n) is 7.90. The van der Waals surface area contributed by atoms with E-state index in [1.807, 2.05) is 0 Å². The topological polar surface area (TPSA) is 51.4 Å². The maximum atomic E-state index is 5.94. The molecule has 0 amide bonds. The summed E-state index contributed by atoms with van der Waals surface area (Å²) in [6, 6.07) is 2.29. The van der Waals surface area contributed by atoms with E-state index in [2.05, 4.69) is 17.9 Å². The molecule has 3 rings (SSSR count). The summed E-state index contributed by atoms with van der Waals surface area (Å²) in [5.41, 5.74) is 9.85. The average molecular weight is 275 g/mol. The van der Waals surface area contributed by atoms with Crippen LogP contribution in [0.2, 0.25) is 0 Å². The number of hydrogen-bond acceptors (Lipinski definition) is 4. The van der Waals surface area contributed by atoms with E-state index in [9.17, 15) is 0 Å². The van der Waals surface area contributed by atoms with Gasteiger partial charge in [0, 0.05) is 37.5 Å². The molecular weight excluding hydrogens is 250 g/mol. The highest BCUT2D eigenvalue weighted by molar-refractivity contribution is 5.51. The van der Waals surface area contributed by atoms with Crippen LogP contribution in [0.25, 0.3) is 0 Å². The predicted molar refractivity (Wildman–Crippen MR) is 81.0 cm³/mol.